The number of hydrogen-bond acceptors (Lipinski definition) is 3. The molecule has 0 bridgehead atoms. The molecule has 0 saturated carbocycles. The van der Waals surface area contributed by atoms with E-state index in [2.05, 4.69) is 0 Å². The van der Waals surface area contributed by atoms with Crippen LogP contribution in [0.25, 0.3) is 0 Å². The van der Waals surface area contributed by atoms with Crippen LogP contribution in [0.1, 0.15) is 27.8 Å². The van der Waals surface area contributed by atoms with E-state index >= 15 is 0 Å². The molecule has 2 rings (SSSR count). The lowest BCUT2D eigenvalue weighted by molar-refractivity contribution is -0.385. The molecular formula is C17H10F9NO3. The normalized spacial score (nSPS) is 15.0. The van der Waals surface area contributed by atoms with Crippen molar-refractivity contribution in [1.29, 1.82) is 0 Å². The van der Waals surface area contributed by atoms with Gasteiger partial charge in [0.25, 0.3) is 5.69 Å². The van der Waals surface area contributed by atoms with Crippen molar-refractivity contribution >= 4 is 5.69 Å². The lowest BCUT2D eigenvalue weighted by Gasteiger charge is -2.32. The maximum absolute atomic E-state index is 13.8. The van der Waals surface area contributed by atoms with Gasteiger partial charge in [-0.25, -0.2) is 0 Å². The molecule has 0 aromatic heterocycles. The predicted octanol–water partition coefficient (Wildman–Crippen LogP) is 5.74. The third kappa shape index (κ3) is 4.20. The Morgan fingerprint density at radius 3 is 1.53 bits per heavy atom. The van der Waals surface area contributed by atoms with E-state index in [4.69, 9.17) is 0 Å². The van der Waals surface area contributed by atoms with Crippen molar-refractivity contribution in [2.75, 3.05) is 0 Å². The van der Waals surface area contributed by atoms with Crippen LogP contribution in [-0.4, -0.2) is 16.2 Å². The first-order valence-electron chi connectivity index (χ1n) is 7.73. The molecule has 1 atom stereocenters. The van der Waals surface area contributed by atoms with Crippen molar-refractivity contribution in [2.45, 2.75) is 31.1 Å². The second-order valence-corrected chi connectivity index (χ2v) is 6.26. The highest BCUT2D eigenvalue weighted by molar-refractivity contribution is 5.49. The molecule has 30 heavy (non-hydrogen) atoms. The van der Waals surface area contributed by atoms with E-state index in [9.17, 15) is 54.7 Å². The SMILES string of the molecule is Cc1cc(C(O)(c2cc(C(F)(F)F)cc(C(F)(F)F)c2)C(F)(F)F)ccc1[N+](=O)[O-]. The Balaban J connectivity index is 2.89. The highest BCUT2D eigenvalue weighted by atomic mass is 19.4. The Bertz CT molecular complexity index is 948. The molecule has 164 valence electrons. The van der Waals surface area contributed by atoms with E-state index in [1.165, 1.54) is 0 Å². The topological polar surface area (TPSA) is 63.4 Å². The Labute approximate surface area is 161 Å². The van der Waals surface area contributed by atoms with E-state index in [-0.39, 0.29) is 18.2 Å². The van der Waals surface area contributed by atoms with Crippen LogP contribution < -0.4 is 0 Å². The molecule has 0 radical (unpaired) electrons. The predicted molar refractivity (Wildman–Crippen MR) is 83.3 cm³/mol. The summed E-state index contributed by atoms with van der Waals surface area (Å²) in [5, 5.41) is 21.2. The summed E-state index contributed by atoms with van der Waals surface area (Å²) in [4.78, 5) is 9.87. The standard InChI is InChI=1S/C17H10F9NO3/c1-8-4-9(2-3-13(8)27(29)30)14(28,17(24,25)26)10-5-11(15(18,19)20)7-12(6-10)16(21,22)23/h2-7,28H,1H3. The van der Waals surface area contributed by atoms with Crippen molar-refractivity contribution in [3.8, 4) is 0 Å². The molecule has 0 aliphatic rings. The van der Waals surface area contributed by atoms with Crippen LogP contribution in [0.2, 0.25) is 0 Å². The molecule has 0 amide bonds. The van der Waals surface area contributed by atoms with Gasteiger partial charge in [-0.2, -0.15) is 39.5 Å². The Morgan fingerprint density at radius 2 is 1.20 bits per heavy atom. The monoisotopic (exact) mass is 447 g/mol. The van der Waals surface area contributed by atoms with Gasteiger partial charge in [-0.3, -0.25) is 10.1 Å². The second kappa shape index (κ2) is 7.15. The quantitative estimate of drug-likeness (QED) is 0.371. The maximum atomic E-state index is 13.8. The number of aliphatic hydroxyl groups is 1. The van der Waals surface area contributed by atoms with Crippen molar-refractivity contribution in [3.05, 3.63) is 74.3 Å². The molecule has 0 heterocycles. The number of benzene rings is 2. The number of alkyl halides is 9. The molecule has 0 saturated heterocycles. The fourth-order valence-corrected chi connectivity index (χ4v) is 2.74. The van der Waals surface area contributed by atoms with E-state index in [0.717, 1.165) is 6.92 Å². The van der Waals surface area contributed by atoms with Gasteiger partial charge in [0.15, 0.2) is 0 Å². The maximum Gasteiger partial charge on any atom is 0.425 e. The Kier molecular flexibility index (Phi) is 5.58. The van der Waals surface area contributed by atoms with Gasteiger partial charge >= 0.3 is 18.5 Å². The molecular weight excluding hydrogens is 437 g/mol. The molecule has 1 N–H and O–H groups in total. The fraction of sp³-hybridized carbons (Fsp3) is 0.294. The van der Waals surface area contributed by atoms with Crippen LogP contribution in [0, 0.1) is 17.0 Å². The number of nitrogens with zero attached hydrogens (tertiary/aromatic N) is 1. The van der Waals surface area contributed by atoms with Crippen LogP contribution in [-0.2, 0) is 18.0 Å². The zero-order chi connectivity index (χ0) is 23.3. The number of aryl methyl sites for hydroxylation is 1. The smallest absolute Gasteiger partial charge is 0.372 e. The van der Waals surface area contributed by atoms with E-state index < -0.39 is 62.6 Å². The first-order chi connectivity index (χ1) is 13.4. The first-order valence-corrected chi connectivity index (χ1v) is 7.73. The summed E-state index contributed by atoms with van der Waals surface area (Å²) >= 11 is 0. The van der Waals surface area contributed by atoms with Gasteiger partial charge in [0.1, 0.15) is 0 Å². The van der Waals surface area contributed by atoms with Crippen molar-refractivity contribution in [1.82, 2.24) is 0 Å². The zero-order valence-electron chi connectivity index (χ0n) is 14.6. The molecule has 0 aliphatic carbocycles. The van der Waals surface area contributed by atoms with Gasteiger partial charge in [-0.15, -0.1) is 0 Å². The van der Waals surface area contributed by atoms with Gasteiger partial charge in [-0.1, -0.05) is 0 Å². The fourth-order valence-electron chi connectivity index (χ4n) is 2.74. The highest BCUT2D eigenvalue weighted by Gasteiger charge is 2.57. The Hall–Kier alpha value is -2.83. The lowest BCUT2D eigenvalue weighted by Crippen LogP contribution is -2.43. The summed E-state index contributed by atoms with van der Waals surface area (Å²) in [5.74, 6) is 0. The average molecular weight is 447 g/mol. The number of hydrogen-bond donors (Lipinski definition) is 1. The minimum atomic E-state index is -5.78. The molecule has 13 heteroatoms. The molecule has 0 spiro atoms. The molecule has 1 unspecified atom stereocenters. The van der Waals surface area contributed by atoms with Crippen molar-refractivity contribution < 1.29 is 49.5 Å². The largest absolute Gasteiger partial charge is 0.425 e. The summed E-state index contributed by atoms with van der Waals surface area (Å²) in [6.45, 7) is 0.992. The average Bonchev–Trinajstić information content (AvgIpc) is 2.57. The van der Waals surface area contributed by atoms with Crippen LogP contribution >= 0.6 is 0 Å². The minimum absolute atomic E-state index is 0.251. The first kappa shape index (κ1) is 23.4. The van der Waals surface area contributed by atoms with E-state index in [1.807, 2.05) is 0 Å². The van der Waals surface area contributed by atoms with Gasteiger partial charge in [-0.05, 0) is 48.4 Å². The zero-order valence-corrected chi connectivity index (χ0v) is 14.6. The van der Waals surface area contributed by atoms with Crippen molar-refractivity contribution in [3.63, 3.8) is 0 Å². The summed E-state index contributed by atoms with van der Waals surface area (Å²) in [5.41, 5.74) is -12.4. The molecule has 0 aliphatic heterocycles. The van der Waals surface area contributed by atoms with Gasteiger partial charge < -0.3 is 5.11 Å². The summed E-state index contributed by atoms with van der Waals surface area (Å²) in [6, 6.07) is 0.547. The molecule has 2 aromatic carbocycles. The minimum Gasteiger partial charge on any atom is -0.372 e. The summed E-state index contributed by atoms with van der Waals surface area (Å²) < 4.78 is 119. The number of nitro benzene ring substituents is 1. The molecule has 4 nitrogen and oxygen atoms in total. The number of halogens is 9. The summed E-state index contributed by atoms with van der Waals surface area (Å²) in [7, 11) is 0. The highest BCUT2D eigenvalue weighted by Crippen LogP contribution is 2.47. The van der Waals surface area contributed by atoms with E-state index in [0.29, 0.717) is 18.2 Å². The van der Waals surface area contributed by atoms with Crippen LogP contribution in [0.3, 0.4) is 0 Å². The van der Waals surface area contributed by atoms with Gasteiger partial charge in [0.05, 0.1) is 16.1 Å². The molecule has 2 aromatic rings. The van der Waals surface area contributed by atoms with Crippen LogP contribution in [0.5, 0.6) is 0 Å². The Morgan fingerprint density at radius 1 is 0.767 bits per heavy atom. The number of rotatable bonds is 3. The van der Waals surface area contributed by atoms with Gasteiger partial charge in [0.2, 0.25) is 5.60 Å². The second-order valence-electron chi connectivity index (χ2n) is 6.26. The van der Waals surface area contributed by atoms with E-state index in [1.54, 1.807) is 0 Å². The third-order valence-electron chi connectivity index (χ3n) is 4.23. The third-order valence-corrected chi connectivity index (χ3v) is 4.23. The lowest BCUT2D eigenvalue weighted by atomic mass is 9.83. The molecule has 0 fully saturated rings. The summed E-state index contributed by atoms with van der Waals surface area (Å²) in [6.07, 6.45) is -16.7. The van der Waals surface area contributed by atoms with Gasteiger partial charge in [0, 0.05) is 11.6 Å². The van der Waals surface area contributed by atoms with Crippen LogP contribution in [0.15, 0.2) is 36.4 Å². The van der Waals surface area contributed by atoms with Crippen LogP contribution in [0.4, 0.5) is 45.2 Å². The van der Waals surface area contributed by atoms with Crippen molar-refractivity contribution in [2.24, 2.45) is 0 Å². The number of nitro groups is 1.